The largest absolute Gasteiger partial charge is 0.395 e. The number of nitrogens with zero attached hydrogens (tertiary/aromatic N) is 1. The third-order valence-electron chi connectivity index (χ3n) is 3.32. The van der Waals surface area contributed by atoms with Crippen LogP contribution < -0.4 is 0 Å². The summed E-state index contributed by atoms with van der Waals surface area (Å²) in [6.07, 6.45) is 1.60. The SMILES string of the molecule is OCCN(CC1CC1)C[C@@H](O)c1ccccc1F. The summed E-state index contributed by atoms with van der Waals surface area (Å²) in [5.74, 6) is 0.310. The second-order valence-corrected chi connectivity index (χ2v) is 4.96. The fraction of sp³-hybridized carbons (Fsp3) is 0.571. The van der Waals surface area contributed by atoms with Gasteiger partial charge in [-0.05, 0) is 24.8 Å². The van der Waals surface area contributed by atoms with Gasteiger partial charge in [0.05, 0.1) is 12.7 Å². The molecule has 0 saturated heterocycles. The van der Waals surface area contributed by atoms with Gasteiger partial charge in [0.25, 0.3) is 0 Å². The molecule has 1 atom stereocenters. The summed E-state index contributed by atoms with van der Waals surface area (Å²) >= 11 is 0. The minimum absolute atomic E-state index is 0.0662. The van der Waals surface area contributed by atoms with Crippen LogP contribution >= 0.6 is 0 Å². The van der Waals surface area contributed by atoms with Crippen molar-refractivity contribution < 1.29 is 14.6 Å². The summed E-state index contributed by atoms with van der Waals surface area (Å²) in [4.78, 5) is 2.01. The first-order valence-corrected chi connectivity index (χ1v) is 6.46. The smallest absolute Gasteiger partial charge is 0.129 e. The standard InChI is InChI=1S/C14H20FNO2/c15-13-4-2-1-3-12(13)14(18)10-16(7-8-17)9-11-5-6-11/h1-4,11,14,17-18H,5-10H2/t14-/m1/s1. The molecule has 18 heavy (non-hydrogen) atoms. The van der Waals surface area contributed by atoms with Crippen molar-refractivity contribution in [3.63, 3.8) is 0 Å². The first kappa shape index (κ1) is 13.5. The molecule has 1 aliphatic rings. The summed E-state index contributed by atoms with van der Waals surface area (Å²) < 4.78 is 13.5. The molecular formula is C14H20FNO2. The molecule has 0 amide bonds. The van der Waals surface area contributed by atoms with Gasteiger partial charge in [-0.15, -0.1) is 0 Å². The highest BCUT2D eigenvalue weighted by molar-refractivity contribution is 5.20. The summed E-state index contributed by atoms with van der Waals surface area (Å²) in [6.45, 7) is 1.85. The van der Waals surface area contributed by atoms with Gasteiger partial charge in [-0.1, -0.05) is 18.2 Å². The van der Waals surface area contributed by atoms with E-state index >= 15 is 0 Å². The molecule has 0 unspecified atom stereocenters. The van der Waals surface area contributed by atoms with Crippen LogP contribution in [0.2, 0.25) is 0 Å². The van der Waals surface area contributed by atoms with Crippen molar-refractivity contribution in [2.75, 3.05) is 26.2 Å². The molecule has 3 nitrogen and oxygen atoms in total. The Labute approximate surface area is 107 Å². The van der Waals surface area contributed by atoms with Crippen LogP contribution in [0.25, 0.3) is 0 Å². The van der Waals surface area contributed by atoms with E-state index in [-0.39, 0.29) is 12.4 Å². The molecular weight excluding hydrogens is 233 g/mol. The molecule has 1 fully saturated rings. The van der Waals surface area contributed by atoms with Crippen molar-refractivity contribution >= 4 is 0 Å². The van der Waals surface area contributed by atoms with Gasteiger partial charge in [-0.25, -0.2) is 4.39 Å². The third-order valence-corrected chi connectivity index (χ3v) is 3.32. The number of hydrogen-bond donors (Lipinski definition) is 2. The third kappa shape index (κ3) is 3.77. The maximum Gasteiger partial charge on any atom is 0.129 e. The lowest BCUT2D eigenvalue weighted by atomic mass is 10.1. The fourth-order valence-corrected chi connectivity index (χ4v) is 2.15. The molecule has 0 aliphatic heterocycles. The fourth-order valence-electron chi connectivity index (χ4n) is 2.15. The van der Waals surface area contributed by atoms with Crippen LogP contribution in [0.1, 0.15) is 24.5 Å². The molecule has 1 aromatic rings. The van der Waals surface area contributed by atoms with E-state index in [1.165, 1.54) is 18.9 Å². The van der Waals surface area contributed by atoms with E-state index in [2.05, 4.69) is 0 Å². The van der Waals surface area contributed by atoms with Crippen LogP contribution in [0, 0.1) is 11.7 Å². The Balaban J connectivity index is 1.94. The zero-order valence-electron chi connectivity index (χ0n) is 10.4. The number of aliphatic hydroxyl groups excluding tert-OH is 2. The van der Waals surface area contributed by atoms with E-state index < -0.39 is 6.10 Å². The summed E-state index contributed by atoms with van der Waals surface area (Å²) in [6, 6.07) is 6.30. The van der Waals surface area contributed by atoms with E-state index in [1.54, 1.807) is 18.2 Å². The predicted octanol–water partition coefficient (Wildman–Crippen LogP) is 1.56. The molecule has 0 bridgehead atoms. The van der Waals surface area contributed by atoms with E-state index in [0.717, 1.165) is 6.54 Å². The van der Waals surface area contributed by atoms with Gasteiger partial charge in [-0.2, -0.15) is 0 Å². The molecule has 1 aliphatic carbocycles. The maximum absolute atomic E-state index is 13.5. The first-order valence-electron chi connectivity index (χ1n) is 6.46. The Morgan fingerprint density at radius 2 is 2.06 bits per heavy atom. The summed E-state index contributed by atoms with van der Waals surface area (Å²) in [5, 5.41) is 19.1. The molecule has 0 heterocycles. The van der Waals surface area contributed by atoms with Gasteiger partial charge >= 0.3 is 0 Å². The first-order chi connectivity index (χ1) is 8.70. The molecule has 2 rings (SSSR count). The highest BCUT2D eigenvalue weighted by Crippen LogP contribution is 2.30. The van der Waals surface area contributed by atoms with Gasteiger partial charge in [0, 0.05) is 25.2 Å². The van der Waals surface area contributed by atoms with Gasteiger partial charge in [0.15, 0.2) is 0 Å². The molecule has 0 spiro atoms. The number of benzene rings is 1. The molecule has 0 aromatic heterocycles. The monoisotopic (exact) mass is 253 g/mol. The lowest BCUT2D eigenvalue weighted by molar-refractivity contribution is 0.0946. The normalized spacial score (nSPS) is 17.1. The van der Waals surface area contributed by atoms with Crippen LogP contribution in [-0.2, 0) is 0 Å². The molecule has 100 valence electrons. The minimum Gasteiger partial charge on any atom is -0.395 e. The Morgan fingerprint density at radius 3 is 2.67 bits per heavy atom. The maximum atomic E-state index is 13.5. The quantitative estimate of drug-likeness (QED) is 0.775. The zero-order valence-corrected chi connectivity index (χ0v) is 10.4. The second kappa shape index (κ2) is 6.27. The van der Waals surface area contributed by atoms with Gasteiger partial charge in [-0.3, -0.25) is 4.90 Å². The van der Waals surface area contributed by atoms with Crippen LogP contribution in [0.4, 0.5) is 4.39 Å². The topological polar surface area (TPSA) is 43.7 Å². The van der Waals surface area contributed by atoms with Crippen molar-refractivity contribution in [1.29, 1.82) is 0 Å². The van der Waals surface area contributed by atoms with E-state index in [1.807, 2.05) is 4.90 Å². The second-order valence-electron chi connectivity index (χ2n) is 4.96. The zero-order chi connectivity index (χ0) is 13.0. The number of aliphatic hydroxyl groups is 2. The van der Waals surface area contributed by atoms with Crippen molar-refractivity contribution in [3.8, 4) is 0 Å². The van der Waals surface area contributed by atoms with Gasteiger partial charge < -0.3 is 10.2 Å². The van der Waals surface area contributed by atoms with Crippen LogP contribution in [0.3, 0.4) is 0 Å². The van der Waals surface area contributed by atoms with Crippen LogP contribution in [0.5, 0.6) is 0 Å². The van der Waals surface area contributed by atoms with E-state index in [4.69, 9.17) is 5.11 Å². The molecule has 4 heteroatoms. The molecule has 0 radical (unpaired) electrons. The highest BCUT2D eigenvalue weighted by atomic mass is 19.1. The van der Waals surface area contributed by atoms with Crippen molar-refractivity contribution in [2.24, 2.45) is 5.92 Å². The number of hydrogen-bond acceptors (Lipinski definition) is 3. The lowest BCUT2D eigenvalue weighted by Gasteiger charge is -2.24. The van der Waals surface area contributed by atoms with Crippen LogP contribution in [-0.4, -0.2) is 41.4 Å². The molecule has 1 saturated carbocycles. The van der Waals surface area contributed by atoms with E-state index in [0.29, 0.717) is 24.6 Å². The van der Waals surface area contributed by atoms with Crippen molar-refractivity contribution in [2.45, 2.75) is 18.9 Å². The Hall–Kier alpha value is -0.970. The summed E-state index contributed by atoms with van der Waals surface area (Å²) in [7, 11) is 0. The molecule has 1 aromatic carbocycles. The lowest BCUT2D eigenvalue weighted by Crippen LogP contribution is -2.33. The van der Waals surface area contributed by atoms with Gasteiger partial charge in [0.2, 0.25) is 0 Å². The van der Waals surface area contributed by atoms with Crippen molar-refractivity contribution in [3.05, 3.63) is 35.6 Å². The average Bonchev–Trinajstić information content (AvgIpc) is 3.13. The Bertz CT molecular complexity index is 382. The van der Waals surface area contributed by atoms with Crippen molar-refractivity contribution in [1.82, 2.24) is 4.90 Å². The average molecular weight is 253 g/mol. The van der Waals surface area contributed by atoms with Crippen LogP contribution in [0.15, 0.2) is 24.3 Å². The molecule has 2 N–H and O–H groups in total. The van der Waals surface area contributed by atoms with Gasteiger partial charge in [0.1, 0.15) is 5.82 Å². The number of halogens is 1. The van der Waals surface area contributed by atoms with E-state index in [9.17, 15) is 9.50 Å². The minimum atomic E-state index is -0.837. The highest BCUT2D eigenvalue weighted by Gasteiger charge is 2.25. The Morgan fingerprint density at radius 1 is 1.33 bits per heavy atom. The Kier molecular flexibility index (Phi) is 4.69. The number of rotatable bonds is 7. The predicted molar refractivity (Wildman–Crippen MR) is 67.6 cm³/mol. The summed E-state index contributed by atoms with van der Waals surface area (Å²) in [5.41, 5.74) is 0.330.